The molecular weight excluding hydrogens is 190 g/mol. The van der Waals surface area contributed by atoms with Crippen LogP contribution in [-0.2, 0) is 4.74 Å². The van der Waals surface area contributed by atoms with Crippen LogP contribution in [0.5, 0.6) is 0 Å². The third-order valence-corrected chi connectivity index (χ3v) is 2.23. The highest BCUT2D eigenvalue weighted by atomic mass is 16.5. The van der Waals surface area contributed by atoms with Crippen molar-refractivity contribution in [2.24, 2.45) is 0 Å². The van der Waals surface area contributed by atoms with Gasteiger partial charge in [0.2, 0.25) is 0 Å². The summed E-state index contributed by atoms with van der Waals surface area (Å²) in [6, 6.07) is 1.93. The number of pyridine rings is 1. The highest BCUT2D eigenvalue weighted by Crippen LogP contribution is 2.19. The Bertz CT molecular complexity index is 291. The first-order chi connectivity index (χ1) is 7.25. The van der Waals surface area contributed by atoms with Gasteiger partial charge in [0.05, 0.1) is 17.6 Å². The maximum absolute atomic E-state index is 5.82. The maximum atomic E-state index is 5.82. The number of nitrogens with zero attached hydrogens (tertiary/aromatic N) is 2. The van der Waals surface area contributed by atoms with E-state index < -0.39 is 0 Å². The largest absolute Gasteiger partial charge is 0.396 e. The van der Waals surface area contributed by atoms with E-state index in [1.54, 1.807) is 12.4 Å². The standard InChI is InChI=1S/C11H19N3O/c1-3-15-8-4-7-14(2)11-5-6-13-9-10(11)12/h5-6,9H,3-4,7-8,12H2,1-2H3. The Kier molecular flexibility index (Phi) is 4.90. The van der Waals surface area contributed by atoms with Gasteiger partial charge in [0.15, 0.2) is 0 Å². The molecule has 84 valence electrons. The third kappa shape index (κ3) is 3.75. The van der Waals surface area contributed by atoms with E-state index in [0.29, 0.717) is 0 Å². The molecule has 0 atom stereocenters. The molecule has 0 radical (unpaired) electrons. The summed E-state index contributed by atoms with van der Waals surface area (Å²) >= 11 is 0. The second-order valence-electron chi connectivity index (χ2n) is 3.41. The van der Waals surface area contributed by atoms with Gasteiger partial charge >= 0.3 is 0 Å². The molecule has 15 heavy (non-hydrogen) atoms. The van der Waals surface area contributed by atoms with Crippen LogP contribution >= 0.6 is 0 Å². The Labute approximate surface area is 91.1 Å². The van der Waals surface area contributed by atoms with E-state index in [9.17, 15) is 0 Å². The van der Waals surface area contributed by atoms with E-state index in [1.165, 1.54) is 0 Å². The second kappa shape index (κ2) is 6.24. The smallest absolute Gasteiger partial charge is 0.0738 e. The Balaban J connectivity index is 2.40. The lowest BCUT2D eigenvalue weighted by Crippen LogP contribution is -2.21. The lowest BCUT2D eigenvalue weighted by molar-refractivity contribution is 0.146. The fourth-order valence-electron chi connectivity index (χ4n) is 1.42. The Morgan fingerprint density at radius 3 is 3.00 bits per heavy atom. The topological polar surface area (TPSA) is 51.4 Å². The molecule has 1 aromatic rings. The fourth-order valence-corrected chi connectivity index (χ4v) is 1.42. The molecule has 0 saturated heterocycles. The highest BCUT2D eigenvalue weighted by molar-refractivity contribution is 5.65. The lowest BCUT2D eigenvalue weighted by Gasteiger charge is -2.20. The Morgan fingerprint density at radius 1 is 1.53 bits per heavy atom. The van der Waals surface area contributed by atoms with E-state index in [-0.39, 0.29) is 0 Å². The van der Waals surface area contributed by atoms with Crippen molar-refractivity contribution in [1.29, 1.82) is 0 Å². The van der Waals surface area contributed by atoms with Gasteiger partial charge in [-0.15, -0.1) is 0 Å². The van der Waals surface area contributed by atoms with E-state index in [2.05, 4.69) is 9.88 Å². The van der Waals surface area contributed by atoms with Crippen LogP contribution in [0.15, 0.2) is 18.5 Å². The average molecular weight is 209 g/mol. The van der Waals surface area contributed by atoms with Crippen molar-refractivity contribution in [2.45, 2.75) is 13.3 Å². The summed E-state index contributed by atoms with van der Waals surface area (Å²) in [6.45, 7) is 4.52. The van der Waals surface area contributed by atoms with Crippen LogP contribution in [0, 0.1) is 0 Å². The van der Waals surface area contributed by atoms with Crippen LogP contribution in [0.1, 0.15) is 13.3 Å². The minimum Gasteiger partial charge on any atom is -0.396 e. The molecule has 2 N–H and O–H groups in total. The van der Waals surface area contributed by atoms with Gasteiger partial charge in [0.25, 0.3) is 0 Å². The Hall–Kier alpha value is -1.29. The van der Waals surface area contributed by atoms with Crippen molar-refractivity contribution in [3.8, 4) is 0 Å². The van der Waals surface area contributed by atoms with Crippen LogP contribution in [0.2, 0.25) is 0 Å². The summed E-state index contributed by atoms with van der Waals surface area (Å²) < 4.78 is 5.28. The number of anilines is 2. The van der Waals surface area contributed by atoms with Gasteiger partial charge in [-0.1, -0.05) is 0 Å². The molecule has 0 aromatic carbocycles. The maximum Gasteiger partial charge on any atom is 0.0738 e. The minimum atomic E-state index is 0.719. The molecule has 0 spiro atoms. The van der Waals surface area contributed by atoms with Gasteiger partial charge < -0.3 is 15.4 Å². The summed E-state index contributed by atoms with van der Waals surface area (Å²) in [4.78, 5) is 6.08. The van der Waals surface area contributed by atoms with Gasteiger partial charge in [0.1, 0.15) is 0 Å². The van der Waals surface area contributed by atoms with E-state index in [1.807, 2.05) is 20.0 Å². The first kappa shape index (κ1) is 11.8. The molecular formula is C11H19N3O. The molecule has 0 fully saturated rings. The zero-order chi connectivity index (χ0) is 11.1. The van der Waals surface area contributed by atoms with Crippen LogP contribution in [0.4, 0.5) is 11.4 Å². The highest BCUT2D eigenvalue weighted by Gasteiger charge is 2.03. The number of hydrogen-bond acceptors (Lipinski definition) is 4. The van der Waals surface area contributed by atoms with Crippen molar-refractivity contribution in [3.05, 3.63) is 18.5 Å². The molecule has 0 aliphatic heterocycles. The summed E-state index contributed by atoms with van der Waals surface area (Å²) in [5.41, 5.74) is 7.56. The van der Waals surface area contributed by atoms with Gasteiger partial charge in [-0.2, -0.15) is 0 Å². The minimum absolute atomic E-state index is 0.719. The van der Waals surface area contributed by atoms with Crippen molar-refractivity contribution >= 4 is 11.4 Å². The quantitative estimate of drug-likeness (QED) is 0.722. The van der Waals surface area contributed by atoms with Crippen molar-refractivity contribution in [2.75, 3.05) is 37.4 Å². The molecule has 0 aliphatic carbocycles. The number of rotatable bonds is 6. The molecule has 0 aliphatic rings. The summed E-state index contributed by atoms with van der Waals surface area (Å²) in [5.74, 6) is 0. The first-order valence-corrected chi connectivity index (χ1v) is 5.24. The SMILES string of the molecule is CCOCCCN(C)c1ccncc1N. The molecule has 1 rings (SSSR count). The third-order valence-electron chi connectivity index (χ3n) is 2.23. The van der Waals surface area contributed by atoms with Gasteiger partial charge in [-0.3, -0.25) is 4.98 Å². The first-order valence-electron chi connectivity index (χ1n) is 5.24. The van der Waals surface area contributed by atoms with Crippen LogP contribution < -0.4 is 10.6 Å². The van der Waals surface area contributed by atoms with Crippen molar-refractivity contribution in [1.82, 2.24) is 4.98 Å². The monoisotopic (exact) mass is 209 g/mol. The molecule has 0 saturated carbocycles. The summed E-state index contributed by atoms with van der Waals surface area (Å²) in [6.07, 6.45) is 4.44. The lowest BCUT2D eigenvalue weighted by atomic mass is 10.3. The zero-order valence-corrected chi connectivity index (χ0v) is 9.44. The molecule has 0 amide bonds. The van der Waals surface area contributed by atoms with Crippen LogP contribution in [0.3, 0.4) is 0 Å². The molecule has 1 aromatic heterocycles. The molecule has 0 unspecified atom stereocenters. The number of nitrogens with two attached hydrogens (primary N) is 1. The summed E-state index contributed by atoms with van der Waals surface area (Å²) in [7, 11) is 2.03. The predicted molar refractivity (Wildman–Crippen MR) is 63.0 cm³/mol. The van der Waals surface area contributed by atoms with E-state index in [0.717, 1.165) is 37.6 Å². The average Bonchev–Trinajstić information content (AvgIpc) is 2.25. The van der Waals surface area contributed by atoms with Gasteiger partial charge in [-0.05, 0) is 19.4 Å². The molecule has 4 heteroatoms. The van der Waals surface area contributed by atoms with Crippen LogP contribution in [-0.4, -0.2) is 31.8 Å². The van der Waals surface area contributed by atoms with Crippen LogP contribution in [0.25, 0.3) is 0 Å². The fraction of sp³-hybridized carbons (Fsp3) is 0.545. The van der Waals surface area contributed by atoms with E-state index in [4.69, 9.17) is 10.5 Å². The number of aromatic nitrogens is 1. The Morgan fingerprint density at radius 2 is 2.33 bits per heavy atom. The number of ether oxygens (including phenoxy) is 1. The van der Waals surface area contributed by atoms with Crippen molar-refractivity contribution in [3.63, 3.8) is 0 Å². The van der Waals surface area contributed by atoms with Gasteiger partial charge in [0, 0.05) is 33.0 Å². The molecule has 0 bridgehead atoms. The van der Waals surface area contributed by atoms with Crippen molar-refractivity contribution < 1.29 is 4.74 Å². The second-order valence-corrected chi connectivity index (χ2v) is 3.41. The van der Waals surface area contributed by atoms with Gasteiger partial charge in [-0.25, -0.2) is 0 Å². The predicted octanol–water partition coefficient (Wildman–Crippen LogP) is 1.53. The zero-order valence-electron chi connectivity index (χ0n) is 9.44. The van der Waals surface area contributed by atoms with E-state index >= 15 is 0 Å². The number of hydrogen-bond donors (Lipinski definition) is 1. The number of nitrogen functional groups attached to an aromatic ring is 1. The molecule has 1 heterocycles. The molecule has 4 nitrogen and oxygen atoms in total. The normalized spacial score (nSPS) is 10.3. The summed E-state index contributed by atoms with van der Waals surface area (Å²) in [5, 5.41) is 0.